The number of nitrogens with one attached hydrogen (secondary N) is 1. The summed E-state index contributed by atoms with van der Waals surface area (Å²) < 4.78 is 12.6. The molecule has 0 bridgehead atoms. The van der Waals surface area contributed by atoms with E-state index in [1.165, 1.54) is 0 Å². The van der Waals surface area contributed by atoms with Gasteiger partial charge in [-0.3, -0.25) is 4.68 Å². The van der Waals surface area contributed by atoms with Crippen LogP contribution in [-0.4, -0.2) is 30.5 Å². The van der Waals surface area contributed by atoms with Gasteiger partial charge in [0.05, 0.1) is 14.2 Å². The molecule has 0 fully saturated rings. The summed E-state index contributed by atoms with van der Waals surface area (Å²) in [4.78, 5) is 0. The summed E-state index contributed by atoms with van der Waals surface area (Å²) in [6, 6.07) is 5.80. The molecule has 5 heteroatoms. The second-order valence-electron chi connectivity index (χ2n) is 4.92. The third-order valence-electron chi connectivity index (χ3n) is 3.31. The Morgan fingerprint density at radius 2 is 2.05 bits per heavy atom. The Hall–Kier alpha value is -2.01. The van der Waals surface area contributed by atoms with Crippen molar-refractivity contribution in [2.75, 3.05) is 20.8 Å². The van der Waals surface area contributed by atoms with Crippen LogP contribution in [0.15, 0.2) is 24.4 Å². The highest BCUT2D eigenvalue weighted by atomic mass is 16.5. The van der Waals surface area contributed by atoms with E-state index in [-0.39, 0.29) is 0 Å². The van der Waals surface area contributed by atoms with Crippen LogP contribution in [0, 0.1) is 0 Å². The van der Waals surface area contributed by atoms with Crippen molar-refractivity contribution >= 4 is 0 Å². The topological polar surface area (TPSA) is 48.3 Å². The molecule has 0 amide bonds. The molecule has 1 N–H and O–H groups in total. The van der Waals surface area contributed by atoms with Gasteiger partial charge in [-0.15, -0.1) is 0 Å². The molecule has 5 nitrogen and oxygen atoms in total. The fourth-order valence-electron chi connectivity index (χ4n) is 2.29. The van der Waals surface area contributed by atoms with Crippen molar-refractivity contribution in [3.63, 3.8) is 0 Å². The molecule has 0 radical (unpaired) electrons. The van der Waals surface area contributed by atoms with Crippen LogP contribution in [0.1, 0.15) is 18.9 Å². The number of nitrogens with zero attached hydrogens (tertiary/aromatic N) is 2. The van der Waals surface area contributed by atoms with Crippen molar-refractivity contribution in [3.05, 3.63) is 30.0 Å². The first-order chi connectivity index (χ1) is 10.2. The van der Waals surface area contributed by atoms with Gasteiger partial charge in [0.15, 0.2) is 0 Å². The number of methoxy groups -OCH3 is 2. The van der Waals surface area contributed by atoms with Gasteiger partial charge in [0.1, 0.15) is 17.2 Å². The minimum absolute atomic E-state index is 0.768. The maximum Gasteiger partial charge on any atom is 0.132 e. The van der Waals surface area contributed by atoms with E-state index in [1.54, 1.807) is 14.2 Å². The van der Waals surface area contributed by atoms with Crippen LogP contribution in [-0.2, 0) is 13.6 Å². The van der Waals surface area contributed by atoms with Gasteiger partial charge in [-0.25, -0.2) is 0 Å². The van der Waals surface area contributed by atoms with Gasteiger partial charge in [-0.2, -0.15) is 5.10 Å². The lowest BCUT2D eigenvalue weighted by Crippen LogP contribution is -2.13. The lowest BCUT2D eigenvalue weighted by atomic mass is 10.1. The third kappa shape index (κ3) is 3.55. The standard InChI is InChI=1S/C16H23N3O2/c1-5-8-17-10-12-11-19(2)18-16(12)14-7-6-13(20-3)9-15(14)21-4/h6-7,9,11,17H,5,8,10H2,1-4H3. The molecule has 0 aliphatic carbocycles. The maximum atomic E-state index is 5.48. The molecule has 2 aromatic rings. The SMILES string of the molecule is CCCNCc1cn(C)nc1-c1ccc(OC)cc1OC. The average Bonchev–Trinajstić information content (AvgIpc) is 2.87. The van der Waals surface area contributed by atoms with Crippen molar-refractivity contribution in [1.82, 2.24) is 15.1 Å². The molecule has 0 saturated heterocycles. The van der Waals surface area contributed by atoms with Gasteiger partial charge in [-0.1, -0.05) is 6.92 Å². The van der Waals surface area contributed by atoms with Crippen LogP contribution in [0.3, 0.4) is 0 Å². The van der Waals surface area contributed by atoms with Gasteiger partial charge in [0.2, 0.25) is 0 Å². The molecule has 1 aromatic heterocycles. The Morgan fingerprint density at radius 1 is 1.24 bits per heavy atom. The number of rotatable bonds is 7. The minimum Gasteiger partial charge on any atom is -0.497 e. The quantitative estimate of drug-likeness (QED) is 0.796. The monoisotopic (exact) mass is 289 g/mol. The Kier molecular flexibility index (Phi) is 5.22. The fourth-order valence-corrected chi connectivity index (χ4v) is 2.29. The van der Waals surface area contributed by atoms with Crippen molar-refractivity contribution in [3.8, 4) is 22.8 Å². The lowest BCUT2D eigenvalue weighted by Gasteiger charge is -2.10. The van der Waals surface area contributed by atoms with Gasteiger partial charge in [0, 0.05) is 37.0 Å². The van der Waals surface area contributed by atoms with E-state index in [0.717, 1.165) is 47.8 Å². The predicted octanol–water partition coefficient (Wildman–Crippen LogP) is 2.60. The molecule has 0 spiro atoms. The van der Waals surface area contributed by atoms with Crippen LogP contribution in [0.2, 0.25) is 0 Å². The zero-order chi connectivity index (χ0) is 15.2. The van der Waals surface area contributed by atoms with E-state index in [2.05, 4.69) is 17.3 Å². The molecule has 0 unspecified atom stereocenters. The van der Waals surface area contributed by atoms with Gasteiger partial charge < -0.3 is 14.8 Å². The van der Waals surface area contributed by atoms with Crippen LogP contribution in [0.25, 0.3) is 11.3 Å². The molecule has 21 heavy (non-hydrogen) atoms. The zero-order valence-corrected chi connectivity index (χ0v) is 13.1. The Balaban J connectivity index is 2.36. The van der Waals surface area contributed by atoms with Crippen molar-refractivity contribution in [2.24, 2.45) is 7.05 Å². The first-order valence-electron chi connectivity index (χ1n) is 7.15. The smallest absolute Gasteiger partial charge is 0.132 e. The van der Waals surface area contributed by atoms with E-state index in [1.807, 2.05) is 36.1 Å². The van der Waals surface area contributed by atoms with Crippen molar-refractivity contribution in [2.45, 2.75) is 19.9 Å². The molecule has 1 aromatic carbocycles. The normalized spacial score (nSPS) is 10.7. The molecular formula is C16H23N3O2. The van der Waals surface area contributed by atoms with Crippen LogP contribution >= 0.6 is 0 Å². The summed E-state index contributed by atoms with van der Waals surface area (Å²) in [7, 11) is 5.24. The second-order valence-corrected chi connectivity index (χ2v) is 4.92. The van der Waals surface area contributed by atoms with E-state index < -0.39 is 0 Å². The molecule has 2 rings (SSSR count). The number of aryl methyl sites for hydroxylation is 1. The second kappa shape index (κ2) is 7.13. The molecule has 0 aliphatic rings. The van der Waals surface area contributed by atoms with E-state index in [4.69, 9.17) is 9.47 Å². The van der Waals surface area contributed by atoms with E-state index >= 15 is 0 Å². The molecule has 0 saturated carbocycles. The minimum atomic E-state index is 0.768. The predicted molar refractivity (Wildman–Crippen MR) is 83.7 cm³/mol. The zero-order valence-electron chi connectivity index (χ0n) is 13.1. The number of ether oxygens (including phenoxy) is 2. The maximum absolute atomic E-state index is 5.48. The largest absolute Gasteiger partial charge is 0.497 e. The van der Waals surface area contributed by atoms with E-state index in [0.29, 0.717) is 0 Å². The number of aromatic nitrogens is 2. The Labute approximate surface area is 125 Å². The summed E-state index contributed by atoms with van der Waals surface area (Å²) in [6.45, 7) is 3.95. The van der Waals surface area contributed by atoms with Crippen molar-refractivity contribution < 1.29 is 9.47 Å². The molecular weight excluding hydrogens is 266 g/mol. The Morgan fingerprint density at radius 3 is 2.71 bits per heavy atom. The molecule has 1 heterocycles. The highest BCUT2D eigenvalue weighted by Gasteiger charge is 2.15. The summed E-state index contributed by atoms with van der Waals surface area (Å²) >= 11 is 0. The first-order valence-corrected chi connectivity index (χ1v) is 7.15. The number of hydrogen-bond acceptors (Lipinski definition) is 4. The van der Waals surface area contributed by atoms with Gasteiger partial charge in [0.25, 0.3) is 0 Å². The van der Waals surface area contributed by atoms with Crippen LogP contribution in [0.4, 0.5) is 0 Å². The highest BCUT2D eigenvalue weighted by Crippen LogP contribution is 2.34. The number of hydrogen-bond donors (Lipinski definition) is 1. The Bertz CT molecular complexity index is 593. The van der Waals surface area contributed by atoms with Crippen LogP contribution < -0.4 is 14.8 Å². The van der Waals surface area contributed by atoms with Gasteiger partial charge in [-0.05, 0) is 25.1 Å². The summed E-state index contributed by atoms with van der Waals surface area (Å²) in [6.07, 6.45) is 3.16. The highest BCUT2D eigenvalue weighted by molar-refractivity contribution is 5.71. The summed E-state index contributed by atoms with van der Waals surface area (Å²) in [5.41, 5.74) is 3.09. The lowest BCUT2D eigenvalue weighted by molar-refractivity contribution is 0.395. The third-order valence-corrected chi connectivity index (χ3v) is 3.31. The van der Waals surface area contributed by atoms with E-state index in [9.17, 15) is 0 Å². The molecule has 0 atom stereocenters. The van der Waals surface area contributed by atoms with Gasteiger partial charge >= 0.3 is 0 Å². The first kappa shape index (κ1) is 15.4. The van der Waals surface area contributed by atoms with Crippen molar-refractivity contribution in [1.29, 1.82) is 0 Å². The fraction of sp³-hybridized carbons (Fsp3) is 0.438. The summed E-state index contributed by atoms with van der Waals surface area (Å²) in [5, 5.41) is 8.00. The summed E-state index contributed by atoms with van der Waals surface area (Å²) in [5.74, 6) is 1.54. The molecule has 0 aliphatic heterocycles. The molecule has 114 valence electrons. The van der Waals surface area contributed by atoms with Crippen LogP contribution in [0.5, 0.6) is 11.5 Å². The average molecular weight is 289 g/mol. The number of benzene rings is 1.